The van der Waals surface area contributed by atoms with Gasteiger partial charge in [-0.25, -0.2) is 9.67 Å². The van der Waals surface area contributed by atoms with Gasteiger partial charge in [-0.3, -0.25) is 0 Å². The second-order valence-corrected chi connectivity index (χ2v) is 3.27. The molecule has 1 aromatic heterocycles. The molecular weight excluding hydrogens is 152 g/mol. The number of nitrogens with zero attached hydrogens (tertiary/aromatic N) is 3. The van der Waals surface area contributed by atoms with Crippen LogP contribution in [0, 0.1) is 6.92 Å². The first-order valence-corrected chi connectivity index (χ1v) is 4.45. The normalized spacial score (nSPS) is 24.2. The lowest BCUT2D eigenvalue weighted by Gasteiger charge is -2.22. The molecule has 2 heterocycles. The highest BCUT2D eigenvalue weighted by molar-refractivity contribution is 4.81. The van der Waals surface area contributed by atoms with Crippen molar-refractivity contribution in [3.8, 4) is 0 Å². The molecule has 0 saturated carbocycles. The SMILES string of the molecule is Cc1ncn(C2CCCNC2)n1. The van der Waals surface area contributed by atoms with Gasteiger partial charge in [0.1, 0.15) is 12.2 Å². The number of hydrogen-bond acceptors (Lipinski definition) is 3. The van der Waals surface area contributed by atoms with E-state index < -0.39 is 0 Å². The Morgan fingerprint density at radius 2 is 2.58 bits per heavy atom. The second kappa shape index (κ2) is 3.23. The Labute approximate surface area is 72.0 Å². The monoisotopic (exact) mass is 166 g/mol. The molecule has 4 nitrogen and oxygen atoms in total. The molecule has 1 aliphatic rings. The second-order valence-electron chi connectivity index (χ2n) is 3.27. The van der Waals surface area contributed by atoms with Gasteiger partial charge in [-0.15, -0.1) is 0 Å². The van der Waals surface area contributed by atoms with E-state index in [0.29, 0.717) is 6.04 Å². The molecule has 0 amide bonds. The minimum Gasteiger partial charge on any atom is -0.315 e. The molecule has 1 N–H and O–H groups in total. The maximum absolute atomic E-state index is 4.30. The van der Waals surface area contributed by atoms with Gasteiger partial charge in [-0.1, -0.05) is 0 Å². The number of aromatic nitrogens is 3. The summed E-state index contributed by atoms with van der Waals surface area (Å²) in [7, 11) is 0. The Hall–Kier alpha value is -0.900. The van der Waals surface area contributed by atoms with Crippen molar-refractivity contribution in [2.45, 2.75) is 25.8 Å². The highest BCUT2D eigenvalue weighted by Gasteiger charge is 2.15. The quantitative estimate of drug-likeness (QED) is 0.661. The minimum atomic E-state index is 0.514. The molecule has 1 aromatic rings. The molecule has 4 heteroatoms. The van der Waals surface area contributed by atoms with Gasteiger partial charge in [-0.05, 0) is 26.3 Å². The molecule has 1 atom stereocenters. The van der Waals surface area contributed by atoms with Gasteiger partial charge < -0.3 is 5.32 Å². The van der Waals surface area contributed by atoms with E-state index in [1.54, 1.807) is 0 Å². The summed E-state index contributed by atoms with van der Waals surface area (Å²) in [5, 5.41) is 7.65. The van der Waals surface area contributed by atoms with Crippen molar-refractivity contribution in [1.82, 2.24) is 20.1 Å². The summed E-state index contributed by atoms with van der Waals surface area (Å²) in [5.74, 6) is 0.862. The van der Waals surface area contributed by atoms with Crippen molar-refractivity contribution in [2.24, 2.45) is 0 Å². The average molecular weight is 166 g/mol. The van der Waals surface area contributed by atoms with Crippen molar-refractivity contribution in [3.63, 3.8) is 0 Å². The van der Waals surface area contributed by atoms with Crippen LogP contribution in [0.3, 0.4) is 0 Å². The lowest BCUT2D eigenvalue weighted by atomic mass is 10.1. The van der Waals surface area contributed by atoms with E-state index >= 15 is 0 Å². The van der Waals surface area contributed by atoms with Crippen LogP contribution in [0.25, 0.3) is 0 Å². The van der Waals surface area contributed by atoms with Gasteiger partial charge in [0.15, 0.2) is 0 Å². The van der Waals surface area contributed by atoms with Crippen LogP contribution in [0.4, 0.5) is 0 Å². The Kier molecular flexibility index (Phi) is 2.08. The molecule has 0 radical (unpaired) electrons. The number of rotatable bonds is 1. The van der Waals surface area contributed by atoms with E-state index in [1.807, 2.05) is 17.9 Å². The Balaban J connectivity index is 2.08. The summed E-state index contributed by atoms with van der Waals surface area (Å²) in [6.45, 7) is 4.10. The van der Waals surface area contributed by atoms with Crippen LogP contribution >= 0.6 is 0 Å². The number of aryl methyl sites for hydroxylation is 1. The molecule has 0 bridgehead atoms. The highest BCUT2D eigenvalue weighted by Crippen LogP contribution is 2.14. The molecule has 1 unspecified atom stereocenters. The van der Waals surface area contributed by atoms with E-state index in [0.717, 1.165) is 18.9 Å². The fourth-order valence-electron chi connectivity index (χ4n) is 1.60. The summed E-state index contributed by atoms with van der Waals surface area (Å²) in [4.78, 5) is 4.12. The molecular formula is C8H14N4. The summed E-state index contributed by atoms with van der Waals surface area (Å²) in [6, 6.07) is 0.514. The van der Waals surface area contributed by atoms with E-state index in [9.17, 15) is 0 Å². The lowest BCUT2D eigenvalue weighted by molar-refractivity contribution is 0.345. The third kappa shape index (κ3) is 1.48. The van der Waals surface area contributed by atoms with E-state index in [-0.39, 0.29) is 0 Å². The van der Waals surface area contributed by atoms with Crippen molar-refractivity contribution in [2.75, 3.05) is 13.1 Å². The van der Waals surface area contributed by atoms with Gasteiger partial charge >= 0.3 is 0 Å². The van der Waals surface area contributed by atoms with Crippen LogP contribution in [0.1, 0.15) is 24.7 Å². The first kappa shape index (κ1) is 7.73. The van der Waals surface area contributed by atoms with Gasteiger partial charge in [0, 0.05) is 6.54 Å². The summed E-state index contributed by atoms with van der Waals surface area (Å²) < 4.78 is 1.97. The van der Waals surface area contributed by atoms with Crippen LogP contribution in [-0.4, -0.2) is 27.9 Å². The zero-order chi connectivity index (χ0) is 8.39. The van der Waals surface area contributed by atoms with E-state index in [4.69, 9.17) is 0 Å². The average Bonchev–Trinajstić information content (AvgIpc) is 2.54. The molecule has 2 rings (SSSR count). The van der Waals surface area contributed by atoms with E-state index in [1.165, 1.54) is 12.8 Å². The summed E-state index contributed by atoms with van der Waals surface area (Å²) in [6.07, 6.45) is 4.28. The number of hydrogen-bond donors (Lipinski definition) is 1. The highest BCUT2D eigenvalue weighted by atomic mass is 15.3. The zero-order valence-electron chi connectivity index (χ0n) is 7.32. The molecule has 0 spiro atoms. The largest absolute Gasteiger partial charge is 0.315 e. The van der Waals surface area contributed by atoms with Gasteiger partial charge in [0.25, 0.3) is 0 Å². The third-order valence-corrected chi connectivity index (χ3v) is 2.27. The van der Waals surface area contributed by atoms with Crippen LogP contribution in [-0.2, 0) is 0 Å². The van der Waals surface area contributed by atoms with Gasteiger partial charge in [0.05, 0.1) is 6.04 Å². The fourth-order valence-corrected chi connectivity index (χ4v) is 1.60. The van der Waals surface area contributed by atoms with Gasteiger partial charge in [0.2, 0.25) is 0 Å². The van der Waals surface area contributed by atoms with Crippen molar-refractivity contribution in [3.05, 3.63) is 12.2 Å². The van der Waals surface area contributed by atoms with Gasteiger partial charge in [-0.2, -0.15) is 5.10 Å². The van der Waals surface area contributed by atoms with Crippen LogP contribution in [0.2, 0.25) is 0 Å². The fraction of sp³-hybridized carbons (Fsp3) is 0.750. The van der Waals surface area contributed by atoms with E-state index in [2.05, 4.69) is 15.4 Å². The summed E-state index contributed by atoms with van der Waals surface area (Å²) in [5.41, 5.74) is 0. The minimum absolute atomic E-state index is 0.514. The lowest BCUT2D eigenvalue weighted by Crippen LogP contribution is -2.31. The van der Waals surface area contributed by atoms with Crippen molar-refractivity contribution < 1.29 is 0 Å². The van der Waals surface area contributed by atoms with Crippen molar-refractivity contribution in [1.29, 1.82) is 0 Å². The predicted molar refractivity (Wildman–Crippen MR) is 45.9 cm³/mol. The Morgan fingerprint density at radius 3 is 3.17 bits per heavy atom. The standard InChI is InChI=1S/C8H14N4/c1-7-10-6-12(11-7)8-3-2-4-9-5-8/h6,8-9H,2-5H2,1H3. The number of nitrogens with one attached hydrogen (secondary N) is 1. The summed E-state index contributed by atoms with van der Waals surface area (Å²) >= 11 is 0. The molecule has 1 fully saturated rings. The molecule has 0 aromatic carbocycles. The first-order valence-electron chi connectivity index (χ1n) is 4.45. The smallest absolute Gasteiger partial charge is 0.147 e. The number of piperidine rings is 1. The topological polar surface area (TPSA) is 42.7 Å². The van der Waals surface area contributed by atoms with Crippen LogP contribution < -0.4 is 5.32 Å². The third-order valence-electron chi connectivity index (χ3n) is 2.27. The van der Waals surface area contributed by atoms with Crippen molar-refractivity contribution >= 4 is 0 Å². The Morgan fingerprint density at radius 1 is 1.67 bits per heavy atom. The maximum Gasteiger partial charge on any atom is 0.147 e. The first-order chi connectivity index (χ1) is 5.86. The molecule has 1 aliphatic heterocycles. The molecule has 12 heavy (non-hydrogen) atoms. The van der Waals surface area contributed by atoms with Crippen LogP contribution in [0.15, 0.2) is 6.33 Å². The molecule has 1 saturated heterocycles. The Bertz CT molecular complexity index is 249. The maximum atomic E-state index is 4.30. The van der Waals surface area contributed by atoms with Crippen LogP contribution in [0.5, 0.6) is 0 Å². The molecule has 66 valence electrons. The predicted octanol–water partition coefficient (Wildman–Crippen LogP) is 0.511. The zero-order valence-corrected chi connectivity index (χ0v) is 7.32. The molecule has 0 aliphatic carbocycles.